The van der Waals surface area contributed by atoms with Crippen molar-refractivity contribution in [3.8, 4) is 5.88 Å². The van der Waals surface area contributed by atoms with E-state index in [2.05, 4.69) is 16.1 Å². The highest BCUT2D eigenvalue weighted by molar-refractivity contribution is 7.90. The summed E-state index contributed by atoms with van der Waals surface area (Å²) in [6.07, 6.45) is 7.44. The van der Waals surface area contributed by atoms with Crippen molar-refractivity contribution in [2.75, 3.05) is 19.0 Å². The summed E-state index contributed by atoms with van der Waals surface area (Å²) in [5.41, 5.74) is 5.66. The lowest BCUT2D eigenvalue weighted by atomic mass is 9.99. The third-order valence-electron chi connectivity index (χ3n) is 6.25. The lowest BCUT2D eigenvalue weighted by Gasteiger charge is -2.24. The summed E-state index contributed by atoms with van der Waals surface area (Å²) in [4.78, 5) is 12.7. The Morgan fingerprint density at radius 1 is 1.17 bits per heavy atom. The van der Waals surface area contributed by atoms with Crippen molar-refractivity contribution >= 4 is 21.7 Å². The molecule has 1 atom stereocenters. The van der Waals surface area contributed by atoms with Crippen LogP contribution in [0.4, 0.5) is 10.5 Å². The van der Waals surface area contributed by atoms with Crippen LogP contribution in [0.15, 0.2) is 23.2 Å². The molecule has 3 aliphatic rings. The zero-order valence-electron chi connectivity index (χ0n) is 16.9. The van der Waals surface area contributed by atoms with Gasteiger partial charge in [-0.3, -0.25) is 0 Å². The van der Waals surface area contributed by atoms with Gasteiger partial charge < -0.3 is 19.4 Å². The van der Waals surface area contributed by atoms with E-state index in [1.54, 1.807) is 17.9 Å². The first-order valence-electron chi connectivity index (χ1n) is 10.3. The van der Waals surface area contributed by atoms with Crippen LogP contribution >= 0.6 is 0 Å². The molecule has 0 saturated heterocycles. The fourth-order valence-electron chi connectivity index (χ4n) is 4.81. The molecule has 2 aliphatic carbocycles. The van der Waals surface area contributed by atoms with Gasteiger partial charge in [-0.1, -0.05) is 6.07 Å². The van der Waals surface area contributed by atoms with Gasteiger partial charge in [0, 0.05) is 19.0 Å². The first-order valence-corrected chi connectivity index (χ1v) is 11.8. The minimum absolute atomic E-state index is 0.0456. The second kappa shape index (κ2) is 7.31. The van der Waals surface area contributed by atoms with Gasteiger partial charge in [-0.05, 0) is 66.8 Å². The third kappa shape index (κ3) is 3.26. The normalized spacial score (nSPS) is 19.6. The molecule has 0 saturated carbocycles. The van der Waals surface area contributed by atoms with E-state index in [0.717, 1.165) is 55.3 Å². The summed E-state index contributed by atoms with van der Waals surface area (Å²) in [5.74, 6) is 0.227. The van der Waals surface area contributed by atoms with Crippen LogP contribution in [0.2, 0.25) is 0 Å². The summed E-state index contributed by atoms with van der Waals surface area (Å²) in [6.45, 7) is 0.757. The monoisotopic (exact) mass is 431 g/mol. The number of nitrogens with zero attached hydrogens (tertiary/aromatic N) is 1. The number of carbonyl (C=O) groups excluding carboxylic acids is 1. The molecule has 2 N–H and O–H groups in total. The van der Waals surface area contributed by atoms with Crippen molar-refractivity contribution in [3.05, 3.63) is 40.6 Å². The molecule has 2 amide bonds. The Balaban J connectivity index is 1.38. The molecule has 30 heavy (non-hydrogen) atoms. The van der Waals surface area contributed by atoms with Crippen LogP contribution in [-0.4, -0.2) is 38.8 Å². The molecule has 0 fully saturated rings. The molecule has 0 spiro atoms. The average Bonchev–Trinajstić information content (AvgIpc) is 3.45. The summed E-state index contributed by atoms with van der Waals surface area (Å²) in [5, 5.41) is 2.86. The van der Waals surface area contributed by atoms with Gasteiger partial charge in [-0.2, -0.15) is 0 Å². The van der Waals surface area contributed by atoms with E-state index >= 15 is 0 Å². The maximum atomic E-state index is 12.9. The van der Waals surface area contributed by atoms with Crippen molar-refractivity contribution in [1.29, 1.82) is 0 Å². The molecule has 1 unspecified atom stereocenters. The summed E-state index contributed by atoms with van der Waals surface area (Å²) >= 11 is 0. The first kappa shape index (κ1) is 19.4. The Morgan fingerprint density at radius 2 is 1.87 bits per heavy atom. The molecular formula is C21H25N3O5S. The van der Waals surface area contributed by atoms with Crippen molar-refractivity contribution in [2.24, 2.45) is 0 Å². The van der Waals surface area contributed by atoms with E-state index in [1.165, 1.54) is 17.2 Å². The number of hydrogen-bond donors (Lipinski definition) is 2. The Labute approximate surface area is 175 Å². The second-order valence-electron chi connectivity index (χ2n) is 8.10. The van der Waals surface area contributed by atoms with E-state index < -0.39 is 16.1 Å². The van der Waals surface area contributed by atoms with Crippen molar-refractivity contribution in [2.45, 2.75) is 56.1 Å². The second-order valence-corrected chi connectivity index (χ2v) is 9.75. The molecule has 0 bridgehead atoms. The molecule has 1 aliphatic heterocycles. The molecule has 160 valence electrons. The number of aryl methyl sites for hydroxylation is 2. The third-order valence-corrected chi connectivity index (χ3v) is 7.59. The maximum absolute atomic E-state index is 12.9. The molecule has 1 aromatic heterocycles. The van der Waals surface area contributed by atoms with Gasteiger partial charge in [0.25, 0.3) is 10.0 Å². The molecular weight excluding hydrogens is 406 g/mol. The predicted octanol–water partition coefficient (Wildman–Crippen LogP) is 2.38. The number of urea groups is 1. The highest BCUT2D eigenvalue weighted by Crippen LogP contribution is 2.38. The van der Waals surface area contributed by atoms with Crippen LogP contribution < -0.4 is 14.8 Å². The van der Waals surface area contributed by atoms with E-state index in [0.29, 0.717) is 6.54 Å². The Hall–Kier alpha value is -2.52. The number of fused-ring (bicyclic) bond motifs is 3. The van der Waals surface area contributed by atoms with Gasteiger partial charge in [0.2, 0.25) is 5.88 Å². The van der Waals surface area contributed by atoms with E-state index in [-0.39, 0.29) is 23.5 Å². The fraction of sp³-hybridized carbons (Fsp3) is 0.476. The van der Waals surface area contributed by atoms with Crippen LogP contribution in [0.5, 0.6) is 5.88 Å². The Morgan fingerprint density at radius 3 is 2.53 bits per heavy atom. The summed E-state index contributed by atoms with van der Waals surface area (Å²) < 4.78 is 40.5. The number of ether oxygens (including phenoxy) is 2. The highest BCUT2D eigenvalue weighted by atomic mass is 32.2. The van der Waals surface area contributed by atoms with Crippen LogP contribution in [0.25, 0.3) is 0 Å². The lowest BCUT2D eigenvalue weighted by molar-refractivity contribution is 0.0207. The Bertz CT molecular complexity index is 1090. The van der Waals surface area contributed by atoms with Gasteiger partial charge in [0.1, 0.15) is 17.6 Å². The minimum atomic E-state index is -4.08. The van der Waals surface area contributed by atoms with Gasteiger partial charge in [0.05, 0.1) is 6.54 Å². The molecule has 0 radical (unpaired) electrons. The molecule has 1 aromatic carbocycles. The smallest absolute Gasteiger partial charge is 0.333 e. The van der Waals surface area contributed by atoms with Crippen molar-refractivity contribution < 1.29 is 22.7 Å². The minimum Gasteiger partial charge on any atom is -0.475 e. The van der Waals surface area contributed by atoms with Crippen LogP contribution in [0.3, 0.4) is 0 Å². The van der Waals surface area contributed by atoms with E-state index in [1.807, 2.05) is 0 Å². The Kier molecular flexibility index (Phi) is 4.74. The highest BCUT2D eigenvalue weighted by Gasteiger charge is 2.31. The quantitative estimate of drug-likeness (QED) is 0.775. The largest absolute Gasteiger partial charge is 0.475 e. The zero-order chi connectivity index (χ0) is 20.9. The zero-order valence-corrected chi connectivity index (χ0v) is 17.7. The number of aromatic nitrogens is 1. The van der Waals surface area contributed by atoms with Crippen LogP contribution in [0, 0.1) is 0 Å². The van der Waals surface area contributed by atoms with Gasteiger partial charge in [-0.25, -0.2) is 17.9 Å². The maximum Gasteiger partial charge on any atom is 0.333 e. The van der Waals surface area contributed by atoms with Crippen molar-refractivity contribution in [1.82, 2.24) is 9.29 Å². The number of amides is 2. The number of rotatable bonds is 4. The first-order chi connectivity index (χ1) is 14.5. The van der Waals surface area contributed by atoms with E-state index in [9.17, 15) is 13.2 Å². The number of anilines is 1. The number of hydrogen-bond acceptors (Lipinski definition) is 5. The van der Waals surface area contributed by atoms with Gasteiger partial charge >= 0.3 is 6.03 Å². The SMILES string of the molecule is COC1COc2c(S(=O)(=O)NC(=O)Nc3c4c(cc5c3CCC5)CCC4)ccn2C1. The number of carbonyl (C=O) groups is 1. The average molecular weight is 432 g/mol. The topological polar surface area (TPSA) is 98.7 Å². The van der Waals surface area contributed by atoms with Gasteiger partial charge in [-0.15, -0.1) is 0 Å². The lowest BCUT2D eigenvalue weighted by Crippen LogP contribution is -2.36. The number of methoxy groups -OCH3 is 1. The number of sulfonamides is 1. The molecule has 2 heterocycles. The van der Waals surface area contributed by atoms with Crippen molar-refractivity contribution in [3.63, 3.8) is 0 Å². The summed E-state index contributed by atoms with van der Waals surface area (Å²) in [7, 11) is -2.49. The molecule has 2 aromatic rings. The van der Waals surface area contributed by atoms with Gasteiger partial charge in [0.15, 0.2) is 0 Å². The predicted molar refractivity (Wildman–Crippen MR) is 111 cm³/mol. The molecule has 8 nitrogen and oxygen atoms in total. The fourth-order valence-corrected chi connectivity index (χ4v) is 5.86. The number of benzene rings is 1. The van der Waals surface area contributed by atoms with E-state index in [4.69, 9.17) is 9.47 Å². The van der Waals surface area contributed by atoms with Crippen LogP contribution in [-0.2, 0) is 47.0 Å². The molecule has 5 rings (SSSR count). The van der Waals surface area contributed by atoms with Crippen LogP contribution in [0.1, 0.15) is 35.1 Å². The summed E-state index contributed by atoms with van der Waals surface area (Å²) in [6, 6.07) is 2.97. The molecule has 9 heteroatoms. The number of nitrogens with one attached hydrogen (secondary N) is 2. The standard InChI is InChI=1S/C21H25N3O5S/c1-28-15-11-24-9-8-18(20(24)29-12-15)30(26,27)23-21(25)22-19-16-6-2-4-13(16)10-14-5-3-7-17(14)19/h8-10,15H,2-7,11-12H2,1H3,(H2,22,23,25).